The van der Waals surface area contributed by atoms with Crippen LogP contribution in [0.3, 0.4) is 0 Å². The Morgan fingerprint density at radius 3 is 2.52 bits per heavy atom. The Morgan fingerprint density at radius 2 is 1.92 bits per heavy atom. The number of carbonyl (C=O) groups excluding carboxylic acids is 1. The highest BCUT2D eigenvalue weighted by Crippen LogP contribution is 2.25. The van der Waals surface area contributed by atoms with E-state index >= 15 is 0 Å². The Balaban J connectivity index is 2.09. The van der Waals surface area contributed by atoms with E-state index in [9.17, 15) is 10.1 Å². The molecule has 0 unspecified atom stereocenters. The molecule has 2 N–H and O–H groups in total. The fourth-order valence-electron chi connectivity index (χ4n) is 2.19. The van der Waals surface area contributed by atoms with Gasteiger partial charge in [0.25, 0.3) is 0 Å². The molecule has 0 spiro atoms. The van der Waals surface area contributed by atoms with Gasteiger partial charge in [0.15, 0.2) is 0 Å². The van der Waals surface area contributed by atoms with E-state index in [0.717, 1.165) is 17.3 Å². The predicted molar refractivity (Wildman–Crippen MR) is 96.4 cm³/mol. The summed E-state index contributed by atoms with van der Waals surface area (Å²) in [5.41, 5.74) is 7.13. The zero-order valence-electron chi connectivity index (χ0n) is 13.9. The highest BCUT2D eigenvalue weighted by atomic mass is 32.2. The summed E-state index contributed by atoms with van der Waals surface area (Å²) in [6, 6.07) is 14.9. The summed E-state index contributed by atoms with van der Waals surface area (Å²) in [7, 11) is 1.74. The molecular formula is C18H17N5OS. The second kappa shape index (κ2) is 8.18. The molecule has 1 aromatic carbocycles. The normalized spacial score (nSPS) is 11.2. The van der Waals surface area contributed by atoms with Crippen LogP contribution >= 0.6 is 11.8 Å². The molecule has 0 radical (unpaired) electrons. The Labute approximate surface area is 150 Å². The second-order valence-electron chi connectivity index (χ2n) is 5.38. The van der Waals surface area contributed by atoms with Crippen molar-refractivity contribution in [3.05, 3.63) is 53.1 Å². The van der Waals surface area contributed by atoms with Crippen LogP contribution in [0.4, 0.5) is 5.82 Å². The first-order valence-corrected chi connectivity index (χ1v) is 8.50. The monoisotopic (exact) mass is 351 g/mol. The fraction of sp³-hybridized carbons (Fsp3) is 0.222. The van der Waals surface area contributed by atoms with Crippen LogP contribution in [-0.2, 0) is 4.79 Å². The fourth-order valence-corrected chi connectivity index (χ4v) is 3.08. The van der Waals surface area contributed by atoms with E-state index in [4.69, 9.17) is 11.0 Å². The molecule has 2 aromatic rings. The second-order valence-corrected chi connectivity index (χ2v) is 6.34. The van der Waals surface area contributed by atoms with Gasteiger partial charge in [0, 0.05) is 7.05 Å². The number of nitriles is 2. The number of hydrogen-bond acceptors (Lipinski definition) is 6. The summed E-state index contributed by atoms with van der Waals surface area (Å²) in [6.07, 6.45) is 0. The van der Waals surface area contributed by atoms with Gasteiger partial charge in [-0.2, -0.15) is 10.5 Å². The number of nitrogens with two attached hydrogens (primary N) is 1. The van der Waals surface area contributed by atoms with E-state index in [1.54, 1.807) is 11.9 Å². The summed E-state index contributed by atoms with van der Waals surface area (Å²) in [6.45, 7) is 1.95. The molecule has 0 aliphatic rings. The highest BCUT2D eigenvalue weighted by molar-refractivity contribution is 8.00. The van der Waals surface area contributed by atoms with E-state index in [1.807, 2.05) is 49.4 Å². The van der Waals surface area contributed by atoms with Crippen LogP contribution in [0.2, 0.25) is 0 Å². The first-order chi connectivity index (χ1) is 12.0. The van der Waals surface area contributed by atoms with Crippen molar-refractivity contribution in [2.45, 2.75) is 18.0 Å². The largest absolute Gasteiger partial charge is 0.383 e. The van der Waals surface area contributed by atoms with Gasteiger partial charge < -0.3 is 10.6 Å². The summed E-state index contributed by atoms with van der Waals surface area (Å²) >= 11 is 1.14. The lowest BCUT2D eigenvalue weighted by Crippen LogP contribution is -2.31. The Kier molecular flexibility index (Phi) is 5.99. The van der Waals surface area contributed by atoms with E-state index in [-0.39, 0.29) is 34.6 Å². The maximum absolute atomic E-state index is 12.4. The number of aromatic nitrogens is 1. The predicted octanol–water partition coefficient (Wildman–Crippen LogP) is 2.72. The average molecular weight is 351 g/mol. The standard InChI is InChI=1S/C18H17N5OS/c1-12(13-6-4-3-5-7-13)23(2)16(24)11-25-18-15(10-20)8-14(9-19)17(21)22-18/h3-8,12H,11H2,1-2H3,(H2,21,22)/t12-/m0/s1. The lowest BCUT2D eigenvalue weighted by atomic mass is 10.1. The first kappa shape index (κ1) is 18.3. The Bertz CT molecular complexity index is 854. The molecule has 1 heterocycles. The number of thioether (sulfide) groups is 1. The lowest BCUT2D eigenvalue weighted by Gasteiger charge is -2.25. The van der Waals surface area contributed by atoms with Crippen LogP contribution in [0.15, 0.2) is 41.4 Å². The zero-order valence-corrected chi connectivity index (χ0v) is 14.7. The van der Waals surface area contributed by atoms with Gasteiger partial charge in [0.05, 0.1) is 22.9 Å². The number of hydrogen-bond donors (Lipinski definition) is 1. The van der Waals surface area contributed by atoms with Crippen LogP contribution in [0.1, 0.15) is 29.7 Å². The highest BCUT2D eigenvalue weighted by Gasteiger charge is 2.19. The molecule has 2 rings (SSSR count). The summed E-state index contributed by atoms with van der Waals surface area (Å²) in [5.74, 6) is 0.0955. The van der Waals surface area contributed by atoms with Gasteiger partial charge in [0.2, 0.25) is 5.91 Å². The molecule has 0 aliphatic heterocycles. The molecule has 1 atom stereocenters. The number of carbonyl (C=O) groups is 1. The topological polar surface area (TPSA) is 107 Å². The van der Waals surface area contributed by atoms with Crippen LogP contribution in [-0.4, -0.2) is 28.6 Å². The Hall–Kier alpha value is -3.03. The van der Waals surface area contributed by atoms with Gasteiger partial charge in [-0.25, -0.2) is 4.98 Å². The molecule has 25 heavy (non-hydrogen) atoms. The van der Waals surface area contributed by atoms with Crippen molar-refractivity contribution in [1.29, 1.82) is 10.5 Å². The molecule has 1 aromatic heterocycles. The number of nitrogen functional groups attached to an aromatic ring is 1. The molecule has 126 valence electrons. The van der Waals surface area contributed by atoms with E-state index < -0.39 is 0 Å². The smallest absolute Gasteiger partial charge is 0.233 e. The third kappa shape index (κ3) is 4.28. The van der Waals surface area contributed by atoms with Crippen molar-refractivity contribution in [1.82, 2.24) is 9.88 Å². The van der Waals surface area contributed by atoms with Crippen LogP contribution in [0.5, 0.6) is 0 Å². The third-order valence-electron chi connectivity index (χ3n) is 3.85. The van der Waals surface area contributed by atoms with Gasteiger partial charge >= 0.3 is 0 Å². The number of amides is 1. The summed E-state index contributed by atoms with van der Waals surface area (Å²) < 4.78 is 0. The van der Waals surface area contributed by atoms with E-state index in [1.165, 1.54) is 6.07 Å². The molecule has 1 amide bonds. The Morgan fingerprint density at radius 1 is 1.28 bits per heavy atom. The van der Waals surface area contributed by atoms with Crippen LogP contribution in [0.25, 0.3) is 0 Å². The minimum atomic E-state index is -0.0880. The quantitative estimate of drug-likeness (QED) is 0.830. The summed E-state index contributed by atoms with van der Waals surface area (Å²) in [4.78, 5) is 18.2. The third-order valence-corrected chi connectivity index (χ3v) is 4.82. The van der Waals surface area contributed by atoms with Gasteiger partial charge in [-0.15, -0.1) is 0 Å². The molecule has 0 saturated carbocycles. The van der Waals surface area contributed by atoms with Crippen molar-refractivity contribution in [2.75, 3.05) is 18.5 Å². The van der Waals surface area contributed by atoms with E-state index in [2.05, 4.69) is 4.98 Å². The van der Waals surface area contributed by atoms with Gasteiger partial charge in [-0.05, 0) is 18.6 Å². The number of nitrogens with zero attached hydrogens (tertiary/aromatic N) is 4. The van der Waals surface area contributed by atoms with Gasteiger partial charge in [-0.1, -0.05) is 42.1 Å². The van der Waals surface area contributed by atoms with Crippen molar-refractivity contribution >= 4 is 23.5 Å². The molecule has 0 fully saturated rings. The number of benzene rings is 1. The van der Waals surface area contributed by atoms with E-state index in [0.29, 0.717) is 5.03 Å². The maximum Gasteiger partial charge on any atom is 0.233 e. The number of anilines is 1. The average Bonchev–Trinajstić information content (AvgIpc) is 2.65. The first-order valence-electron chi connectivity index (χ1n) is 7.52. The molecular weight excluding hydrogens is 334 g/mol. The molecule has 0 aliphatic carbocycles. The molecule has 0 saturated heterocycles. The zero-order chi connectivity index (χ0) is 18.4. The lowest BCUT2D eigenvalue weighted by molar-refractivity contribution is -0.128. The van der Waals surface area contributed by atoms with Gasteiger partial charge in [-0.3, -0.25) is 4.79 Å². The minimum Gasteiger partial charge on any atom is -0.383 e. The molecule has 0 bridgehead atoms. The SMILES string of the molecule is C[C@@H](c1ccccc1)N(C)C(=O)CSc1nc(N)c(C#N)cc1C#N. The van der Waals surface area contributed by atoms with Crippen LogP contribution < -0.4 is 5.73 Å². The van der Waals surface area contributed by atoms with Gasteiger partial charge in [0.1, 0.15) is 23.0 Å². The summed E-state index contributed by atoms with van der Waals surface area (Å²) in [5, 5.41) is 18.5. The van der Waals surface area contributed by atoms with Crippen molar-refractivity contribution in [2.24, 2.45) is 0 Å². The number of rotatable bonds is 5. The molecule has 7 heteroatoms. The minimum absolute atomic E-state index is 0.0578. The van der Waals surface area contributed by atoms with Crippen LogP contribution in [0, 0.1) is 22.7 Å². The van der Waals surface area contributed by atoms with Crippen molar-refractivity contribution in [3.63, 3.8) is 0 Å². The van der Waals surface area contributed by atoms with Crippen molar-refractivity contribution < 1.29 is 4.79 Å². The molecule has 6 nitrogen and oxygen atoms in total. The maximum atomic E-state index is 12.4. The van der Waals surface area contributed by atoms with Crippen molar-refractivity contribution in [3.8, 4) is 12.1 Å². The number of pyridine rings is 1.